The lowest BCUT2D eigenvalue weighted by molar-refractivity contribution is -0.00455. The second kappa shape index (κ2) is 7.10. The molecule has 0 aliphatic carbocycles. The molecule has 0 spiro atoms. The van der Waals surface area contributed by atoms with Gasteiger partial charge in [-0.1, -0.05) is 84.9 Å². The van der Waals surface area contributed by atoms with E-state index >= 15 is 0 Å². The predicted octanol–water partition coefficient (Wildman–Crippen LogP) is 5.59. The molecule has 0 saturated heterocycles. The van der Waals surface area contributed by atoms with Crippen molar-refractivity contribution in [1.29, 1.82) is 0 Å². The molecular weight excluding hydrogens is 384 g/mol. The van der Waals surface area contributed by atoms with Crippen LogP contribution in [0.4, 0.5) is 0 Å². The molecule has 2 aliphatic heterocycles. The Labute approximate surface area is 180 Å². The summed E-state index contributed by atoms with van der Waals surface area (Å²) in [5.41, 5.74) is 3.75. The Hall–Kier alpha value is -3.92. The van der Waals surface area contributed by atoms with Crippen LogP contribution in [0.2, 0.25) is 0 Å². The van der Waals surface area contributed by atoms with E-state index < -0.39 is 6.23 Å². The average molecular weight is 404 g/mol. The topological polar surface area (TPSA) is 41.9 Å². The quantitative estimate of drug-likeness (QED) is 0.418. The van der Waals surface area contributed by atoms with Crippen molar-refractivity contribution in [3.8, 4) is 5.75 Å². The number of hydrazone groups is 1. The highest BCUT2D eigenvalue weighted by Crippen LogP contribution is 2.43. The Balaban J connectivity index is 1.43. The summed E-state index contributed by atoms with van der Waals surface area (Å²) < 4.78 is 6.19. The van der Waals surface area contributed by atoms with Gasteiger partial charge in [-0.3, -0.25) is 4.79 Å². The third-order valence-electron chi connectivity index (χ3n) is 6.06. The highest BCUT2D eigenvalue weighted by molar-refractivity contribution is 6.05. The van der Waals surface area contributed by atoms with E-state index in [2.05, 4.69) is 36.4 Å². The van der Waals surface area contributed by atoms with Gasteiger partial charge in [0.05, 0.1) is 11.8 Å². The van der Waals surface area contributed by atoms with Crippen molar-refractivity contribution in [3.05, 3.63) is 114 Å². The minimum Gasteiger partial charge on any atom is -0.461 e. The fraction of sp³-hybridized carbons (Fsp3) is 0.111. The van der Waals surface area contributed by atoms with Crippen molar-refractivity contribution in [1.82, 2.24) is 5.01 Å². The van der Waals surface area contributed by atoms with Gasteiger partial charge in [-0.2, -0.15) is 5.10 Å². The largest absolute Gasteiger partial charge is 0.461 e. The summed E-state index contributed by atoms with van der Waals surface area (Å²) in [6.07, 6.45) is -0.0441. The number of hydrogen-bond donors (Lipinski definition) is 0. The number of carbonyl (C=O) groups is 1. The number of fused-ring (bicyclic) bond motifs is 4. The van der Waals surface area contributed by atoms with E-state index in [0.29, 0.717) is 5.56 Å². The van der Waals surface area contributed by atoms with Crippen LogP contribution in [-0.2, 0) is 0 Å². The highest BCUT2D eigenvalue weighted by Gasteiger charge is 2.43. The predicted molar refractivity (Wildman–Crippen MR) is 121 cm³/mol. The van der Waals surface area contributed by atoms with Crippen LogP contribution >= 0.6 is 0 Å². The molecule has 4 aromatic carbocycles. The fourth-order valence-electron chi connectivity index (χ4n) is 4.50. The number of rotatable bonds is 3. The van der Waals surface area contributed by atoms with Gasteiger partial charge in [-0.25, -0.2) is 5.01 Å². The summed E-state index contributed by atoms with van der Waals surface area (Å²) in [4.78, 5) is 13.3. The highest BCUT2D eigenvalue weighted by atomic mass is 16.5. The van der Waals surface area contributed by atoms with Crippen LogP contribution in [0.1, 0.15) is 33.9 Å². The first kappa shape index (κ1) is 17.9. The van der Waals surface area contributed by atoms with Gasteiger partial charge in [-0.05, 0) is 28.5 Å². The molecule has 2 aliphatic rings. The molecule has 0 radical (unpaired) electrons. The smallest absolute Gasteiger partial charge is 0.251 e. The summed E-state index contributed by atoms with van der Waals surface area (Å²) in [7, 11) is 0. The van der Waals surface area contributed by atoms with Gasteiger partial charge < -0.3 is 4.74 Å². The SMILES string of the molecule is O=C(c1ccccc1)[C@H]1Oc2ccccc2[C@@H]2CC(c3ccc4ccccc4c3)=NN12. The monoisotopic (exact) mass is 404 g/mol. The maximum atomic E-state index is 13.3. The zero-order valence-electron chi connectivity index (χ0n) is 16.8. The Morgan fingerprint density at radius 3 is 2.45 bits per heavy atom. The van der Waals surface area contributed by atoms with Crippen LogP contribution in [-0.4, -0.2) is 22.7 Å². The molecule has 4 aromatic rings. The van der Waals surface area contributed by atoms with Gasteiger partial charge in [0.15, 0.2) is 0 Å². The summed E-state index contributed by atoms with van der Waals surface area (Å²) in [6, 6.07) is 31.9. The molecule has 4 nitrogen and oxygen atoms in total. The summed E-state index contributed by atoms with van der Waals surface area (Å²) in [5, 5.41) is 9.15. The van der Waals surface area contributed by atoms with E-state index in [1.54, 1.807) is 0 Å². The number of Topliss-reactive ketones (excluding diaryl/α,β-unsaturated/α-hetero) is 1. The van der Waals surface area contributed by atoms with Crippen LogP contribution in [0.5, 0.6) is 5.75 Å². The fourth-order valence-corrected chi connectivity index (χ4v) is 4.50. The molecule has 0 bridgehead atoms. The minimum absolute atomic E-state index is 0.0240. The summed E-state index contributed by atoms with van der Waals surface area (Å²) in [5.74, 6) is 0.677. The van der Waals surface area contributed by atoms with E-state index in [4.69, 9.17) is 9.84 Å². The maximum absolute atomic E-state index is 13.3. The zero-order chi connectivity index (χ0) is 20.8. The number of nitrogens with zero attached hydrogens (tertiary/aromatic N) is 2. The summed E-state index contributed by atoms with van der Waals surface area (Å²) >= 11 is 0. The van der Waals surface area contributed by atoms with Crippen LogP contribution in [0, 0.1) is 0 Å². The third-order valence-corrected chi connectivity index (χ3v) is 6.06. The minimum atomic E-state index is -0.778. The lowest BCUT2D eigenvalue weighted by Gasteiger charge is -2.37. The van der Waals surface area contributed by atoms with E-state index in [9.17, 15) is 4.79 Å². The van der Waals surface area contributed by atoms with Crippen LogP contribution in [0.3, 0.4) is 0 Å². The van der Waals surface area contributed by atoms with Gasteiger partial charge in [-0.15, -0.1) is 0 Å². The van der Waals surface area contributed by atoms with Crippen molar-refractivity contribution >= 4 is 22.3 Å². The second-order valence-electron chi connectivity index (χ2n) is 7.95. The Morgan fingerprint density at radius 1 is 0.839 bits per heavy atom. The van der Waals surface area contributed by atoms with E-state index in [-0.39, 0.29) is 11.8 Å². The number of para-hydroxylation sites is 1. The molecule has 0 amide bonds. The third kappa shape index (κ3) is 2.99. The van der Waals surface area contributed by atoms with Crippen LogP contribution in [0.15, 0.2) is 102 Å². The van der Waals surface area contributed by atoms with Crippen LogP contribution < -0.4 is 4.74 Å². The number of carbonyl (C=O) groups excluding carboxylic acids is 1. The molecule has 31 heavy (non-hydrogen) atoms. The molecule has 0 N–H and O–H groups in total. The Morgan fingerprint density at radius 2 is 1.58 bits per heavy atom. The molecular formula is C27H20N2O2. The van der Waals surface area contributed by atoms with Gasteiger partial charge in [0, 0.05) is 17.5 Å². The van der Waals surface area contributed by atoms with Crippen molar-refractivity contribution in [2.24, 2.45) is 5.10 Å². The number of benzene rings is 4. The van der Waals surface area contributed by atoms with Crippen molar-refractivity contribution in [3.63, 3.8) is 0 Å². The first-order valence-corrected chi connectivity index (χ1v) is 10.5. The normalized spacial score (nSPS) is 19.4. The molecule has 2 heterocycles. The van der Waals surface area contributed by atoms with Crippen molar-refractivity contribution in [2.75, 3.05) is 0 Å². The van der Waals surface area contributed by atoms with Gasteiger partial charge >= 0.3 is 0 Å². The second-order valence-corrected chi connectivity index (χ2v) is 7.95. The standard InChI is InChI=1S/C27H20N2O2/c30-26(19-9-2-1-3-10-19)27-29-24(22-12-6-7-13-25(22)31-27)17-23(28-29)21-15-14-18-8-4-5-11-20(18)16-21/h1-16,24,27H,17H2/t24-,27+/m0/s1. The Bertz CT molecular complexity index is 1330. The first-order valence-electron chi connectivity index (χ1n) is 10.5. The zero-order valence-corrected chi connectivity index (χ0v) is 16.8. The van der Waals surface area contributed by atoms with Crippen molar-refractivity contribution < 1.29 is 9.53 Å². The average Bonchev–Trinajstić information content (AvgIpc) is 3.29. The molecule has 0 unspecified atom stereocenters. The molecule has 6 rings (SSSR count). The number of ether oxygens (including phenoxy) is 1. The maximum Gasteiger partial charge on any atom is 0.251 e. The molecule has 2 atom stereocenters. The van der Waals surface area contributed by atoms with E-state index in [1.165, 1.54) is 10.8 Å². The molecule has 0 fully saturated rings. The van der Waals surface area contributed by atoms with Gasteiger partial charge in [0.25, 0.3) is 6.23 Å². The van der Waals surface area contributed by atoms with Gasteiger partial charge in [0.1, 0.15) is 5.75 Å². The lowest BCUT2D eigenvalue weighted by Crippen LogP contribution is -2.45. The molecule has 4 heteroatoms. The Kier molecular flexibility index (Phi) is 4.10. The summed E-state index contributed by atoms with van der Waals surface area (Å²) in [6.45, 7) is 0. The molecule has 150 valence electrons. The number of ketones is 1. The van der Waals surface area contributed by atoms with Crippen LogP contribution in [0.25, 0.3) is 10.8 Å². The number of hydrogen-bond acceptors (Lipinski definition) is 4. The first-order chi connectivity index (χ1) is 15.3. The van der Waals surface area contributed by atoms with E-state index in [0.717, 1.165) is 29.0 Å². The van der Waals surface area contributed by atoms with E-state index in [1.807, 2.05) is 65.7 Å². The lowest BCUT2D eigenvalue weighted by atomic mass is 9.95. The van der Waals surface area contributed by atoms with Crippen molar-refractivity contribution in [2.45, 2.75) is 18.7 Å². The molecule has 0 aromatic heterocycles. The van der Waals surface area contributed by atoms with Gasteiger partial charge in [0.2, 0.25) is 5.78 Å². The molecule has 0 saturated carbocycles.